The summed E-state index contributed by atoms with van der Waals surface area (Å²) in [6.07, 6.45) is 1.50. The van der Waals surface area contributed by atoms with Crippen molar-refractivity contribution in [3.8, 4) is 11.9 Å². The Hall–Kier alpha value is -1.57. The fourth-order valence-corrected chi connectivity index (χ4v) is 2.05. The van der Waals surface area contributed by atoms with Crippen LogP contribution < -0.4 is 4.74 Å². The summed E-state index contributed by atoms with van der Waals surface area (Å²) in [6.45, 7) is 0.348. The van der Waals surface area contributed by atoms with E-state index in [1.54, 1.807) is 6.07 Å². The summed E-state index contributed by atoms with van der Waals surface area (Å²) < 4.78 is 6.49. The predicted molar refractivity (Wildman–Crippen MR) is 72.4 cm³/mol. The first-order valence-corrected chi connectivity index (χ1v) is 6.29. The Kier molecular flexibility index (Phi) is 4.19. The van der Waals surface area contributed by atoms with Crippen molar-refractivity contribution in [2.24, 2.45) is 0 Å². The first-order chi connectivity index (χ1) is 8.70. The van der Waals surface area contributed by atoms with Gasteiger partial charge in [0.15, 0.2) is 0 Å². The molecule has 0 saturated heterocycles. The van der Waals surface area contributed by atoms with Crippen molar-refractivity contribution in [1.29, 1.82) is 5.26 Å². The van der Waals surface area contributed by atoms with Crippen LogP contribution in [0.2, 0.25) is 5.02 Å². The zero-order chi connectivity index (χ0) is 13.0. The molecule has 1 aromatic heterocycles. The van der Waals surface area contributed by atoms with Crippen LogP contribution in [0.3, 0.4) is 0 Å². The van der Waals surface area contributed by atoms with Crippen LogP contribution in [0.4, 0.5) is 0 Å². The average Bonchev–Trinajstić information content (AvgIpc) is 2.38. The summed E-state index contributed by atoms with van der Waals surface area (Å²) in [5.41, 5.74) is 1.35. The average molecular weight is 324 g/mol. The molecule has 0 aliphatic rings. The molecule has 0 aliphatic carbocycles. The zero-order valence-electron chi connectivity index (χ0n) is 9.23. The number of hydrogen-bond donors (Lipinski definition) is 0. The Morgan fingerprint density at radius 2 is 2.22 bits per heavy atom. The third-order valence-electron chi connectivity index (χ3n) is 2.24. The van der Waals surface area contributed by atoms with Crippen molar-refractivity contribution in [1.82, 2.24) is 4.98 Å². The van der Waals surface area contributed by atoms with Crippen molar-refractivity contribution < 1.29 is 4.74 Å². The van der Waals surface area contributed by atoms with Crippen molar-refractivity contribution in [2.45, 2.75) is 6.61 Å². The van der Waals surface area contributed by atoms with Crippen molar-refractivity contribution >= 4 is 27.5 Å². The van der Waals surface area contributed by atoms with Gasteiger partial charge in [-0.1, -0.05) is 39.7 Å². The summed E-state index contributed by atoms with van der Waals surface area (Å²) in [7, 11) is 0. The van der Waals surface area contributed by atoms with Crippen molar-refractivity contribution in [3.05, 3.63) is 57.2 Å². The highest BCUT2D eigenvalue weighted by molar-refractivity contribution is 9.10. The lowest BCUT2D eigenvalue weighted by atomic mass is 10.2. The van der Waals surface area contributed by atoms with E-state index in [2.05, 4.69) is 20.9 Å². The van der Waals surface area contributed by atoms with Gasteiger partial charge in [-0.15, -0.1) is 0 Å². The van der Waals surface area contributed by atoms with E-state index in [0.717, 1.165) is 10.0 Å². The number of nitrogens with zero attached hydrogens (tertiary/aromatic N) is 2. The lowest BCUT2D eigenvalue weighted by molar-refractivity contribution is 0.294. The SMILES string of the molecule is N#Cc1ccnc(OCc2cccc(Br)c2)c1Cl. The summed E-state index contributed by atoms with van der Waals surface area (Å²) >= 11 is 9.37. The van der Waals surface area contributed by atoms with E-state index in [-0.39, 0.29) is 10.9 Å². The molecule has 2 aromatic rings. The molecule has 0 fully saturated rings. The number of hydrogen-bond acceptors (Lipinski definition) is 3. The summed E-state index contributed by atoms with van der Waals surface area (Å²) in [5.74, 6) is 0.274. The maximum atomic E-state index is 8.84. The topological polar surface area (TPSA) is 45.9 Å². The Balaban J connectivity index is 2.14. The molecule has 0 radical (unpaired) electrons. The standard InChI is InChI=1S/C13H8BrClN2O/c14-11-3-1-2-9(6-11)8-18-13-12(15)10(7-16)4-5-17-13/h1-6H,8H2. The van der Waals surface area contributed by atoms with E-state index < -0.39 is 0 Å². The second-order valence-electron chi connectivity index (χ2n) is 3.51. The van der Waals surface area contributed by atoms with Crippen molar-refractivity contribution in [2.75, 3.05) is 0 Å². The molecule has 0 amide bonds. The van der Waals surface area contributed by atoms with E-state index >= 15 is 0 Å². The van der Waals surface area contributed by atoms with Gasteiger partial charge in [-0.3, -0.25) is 0 Å². The Morgan fingerprint density at radius 1 is 1.39 bits per heavy atom. The van der Waals surface area contributed by atoms with E-state index in [4.69, 9.17) is 21.6 Å². The maximum Gasteiger partial charge on any atom is 0.234 e. The third-order valence-corrected chi connectivity index (χ3v) is 3.10. The van der Waals surface area contributed by atoms with Gasteiger partial charge in [0, 0.05) is 10.7 Å². The van der Waals surface area contributed by atoms with Gasteiger partial charge in [0.2, 0.25) is 5.88 Å². The number of nitriles is 1. The molecule has 1 aromatic carbocycles. The Bertz CT molecular complexity index is 610. The van der Waals surface area contributed by atoms with Gasteiger partial charge in [0.05, 0.1) is 5.56 Å². The number of pyridine rings is 1. The molecule has 0 saturated carbocycles. The highest BCUT2D eigenvalue weighted by Gasteiger charge is 2.08. The third kappa shape index (κ3) is 3.00. The van der Waals surface area contributed by atoms with Crippen LogP contribution in [0, 0.1) is 11.3 Å². The molecule has 5 heteroatoms. The monoisotopic (exact) mass is 322 g/mol. The molecule has 0 N–H and O–H groups in total. The smallest absolute Gasteiger partial charge is 0.234 e. The van der Waals surface area contributed by atoms with E-state index in [9.17, 15) is 0 Å². The number of halogens is 2. The molecular weight excluding hydrogens is 316 g/mol. The second-order valence-corrected chi connectivity index (χ2v) is 4.80. The van der Waals surface area contributed by atoms with Crippen LogP contribution in [-0.4, -0.2) is 4.98 Å². The molecule has 2 rings (SSSR count). The highest BCUT2D eigenvalue weighted by Crippen LogP contribution is 2.25. The number of rotatable bonds is 3. The number of aromatic nitrogens is 1. The van der Waals surface area contributed by atoms with Gasteiger partial charge in [-0.25, -0.2) is 4.98 Å². The molecular formula is C13H8BrClN2O. The Morgan fingerprint density at radius 3 is 2.94 bits per heavy atom. The molecule has 0 unspecified atom stereocenters. The van der Waals surface area contributed by atoms with Gasteiger partial charge >= 0.3 is 0 Å². The predicted octanol–water partition coefficient (Wildman–Crippen LogP) is 3.95. The molecule has 3 nitrogen and oxygen atoms in total. The molecule has 0 spiro atoms. The van der Waals surface area contributed by atoms with E-state index in [1.165, 1.54) is 6.20 Å². The van der Waals surface area contributed by atoms with Gasteiger partial charge in [-0.05, 0) is 23.8 Å². The van der Waals surface area contributed by atoms with Crippen LogP contribution in [0.25, 0.3) is 0 Å². The van der Waals surface area contributed by atoms with Crippen LogP contribution in [0.5, 0.6) is 5.88 Å². The summed E-state index contributed by atoms with van der Waals surface area (Å²) in [4.78, 5) is 4.01. The fourth-order valence-electron chi connectivity index (χ4n) is 1.39. The molecule has 18 heavy (non-hydrogen) atoms. The number of benzene rings is 1. The fraction of sp³-hybridized carbons (Fsp3) is 0.0769. The van der Waals surface area contributed by atoms with Gasteiger partial charge < -0.3 is 4.74 Å². The molecule has 0 atom stereocenters. The van der Waals surface area contributed by atoms with Gasteiger partial charge in [0.1, 0.15) is 17.7 Å². The summed E-state index contributed by atoms with van der Waals surface area (Å²) in [5, 5.41) is 9.09. The lowest BCUT2D eigenvalue weighted by Crippen LogP contribution is -1.98. The highest BCUT2D eigenvalue weighted by atomic mass is 79.9. The van der Waals surface area contributed by atoms with E-state index in [0.29, 0.717) is 12.2 Å². The zero-order valence-corrected chi connectivity index (χ0v) is 11.6. The second kappa shape index (κ2) is 5.85. The molecule has 0 bridgehead atoms. The Labute approximate surface area is 118 Å². The van der Waals surface area contributed by atoms with E-state index in [1.807, 2.05) is 30.3 Å². The number of ether oxygens (including phenoxy) is 1. The largest absolute Gasteiger partial charge is 0.472 e. The van der Waals surface area contributed by atoms with Crippen LogP contribution in [0.1, 0.15) is 11.1 Å². The van der Waals surface area contributed by atoms with Crippen LogP contribution in [-0.2, 0) is 6.61 Å². The van der Waals surface area contributed by atoms with Crippen LogP contribution in [0.15, 0.2) is 41.0 Å². The maximum absolute atomic E-state index is 8.84. The normalized spacial score (nSPS) is 9.83. The molecule has 0 aliphatic heterocycles. The summed E-state index contributed by atoms with van der Waals surface area (Å²) in [6, 6.07) is 11.3. The molecule has 1 heterocycles. The first-order valence-electron chi connectivity index (χ1n) is 5.12. The lowest BCUT2D eigenvalue weighted by Gasteiger charge is -2.07. The first kappa shape index (κ1) is 12.9. The van der Waals surface area contributed by atoms with Crippen LogP contribution >= 0.6 is 27.5 Å². The van der Waals surface area contributed by atoms with Gasteiger partial charge in [-0.2, -0.15) is 5.26 Å². The minimum Gasteiger partial charge on any atom is -0.472 e. The van der Waals surface area contributed by atoms with Crippen molar-refractivity contribution in [3.63, 3.8) is 0 Å². The minimum absolute atomic E-state index is 0.245. The van der Waals surface area contributed by atoms with Gasteiger partial charge in [0.25, 0.3) is 0 Å². The minimum atomic E-state index is 0.245. The molecule has 90 valence electrons. The quantitative estimate of drug-likeness (QED) is 0.859.